The smallest absolute Gasteiger partial charge is 0.225 e. The molecule has 2 N–H and O–H groups in total. The van der Waals surface area contributed by atoms with Crippen molar-refractivity contribution in [1.82, 2.24) is 5.32 Å². The van der Waals surface area contributed by atoms with Gasteiger partial charge in [-0.05, 0) is 12.3 Å². The van der Waals surface area contributed by atoms with Crippen molar-refractivity contribution in [1.29, 1.82) is 0 Å². The van der Waals surface area contributed by atoms with Gasteiger partial charge in [0, 0.05) is 18.6 Å². The Kier molecular flexibility index (Phi) is 7.39. The highest BCUT2D eigenvalue weighted by Gasteiger charge is 2.25. The molecule has 0 spiro atoms. The molecule has 1 atom stereocenters. The molecule has 4 heteroatoms. The second-order valence-corrected chi connectivity index (χ2v) is 5.53. The summed E-state index contributed by atoms with van der Waals surface area (Å²) in [7, 11) is 0. The van der Waals surface area contributed by atoms with E-state index in [4.69, 9.17) is 4.74 Å². The van der Waals surface area contributed by atoms with Crippen molar-refractivity contribution in [2.45, 2.75) is 47.1 Å². The summed E-state index contributed by atoms with van der Waals surface area (Å²) in [6, 6.07) is 0. The van der Waals surface area contributed by atoms with Gasteiger partial charge in [-0.2, -0.15) is 0 Å². The quantitative estimate of drug-likeness (QED) is 0.682. The maximum atomic E-state index is 11.7. The fourth-order valence-electron chi connectivity index (χ4n) is 1.11. The standard InChI is InChI=1S/C13H27NO3/c1-6-13(4,5)12(16)14-7-11(15)9-17-8-10(2)3/h10-11,15H,6-9H2,1-5H3,(H,14,16). The van der Waals surface area contributed by atoms with Crippen molar-refractivity contribution in [2.75, 3.05) is 19.8 Å². The number of rotatable bonds is 8. The molecule has 0 heterocycles. The van der Waals surface area contributed by atoms with Crippen LogP contribution in [0.2, 0.25) is 0 Å². The van der Waals surface area contributed by atoms with Crippen LogP contribution in [0.3, 0.4) is 0 Å². The van der Waals surface area contributed by atoms with E-state index in [-0.39, 0.29) is 24.5 Å². The summed E-state index contributed by atoms with van der Waals surface area (Å²) in [4.78, 5) is 11.7. The maximum absolute atomic E-state index is 11.7. The highest BCUT2D eigenvalue weighted by molar-refractivity contribution is 5.81. The number of amides is 1. The lowest BCUT2D eigenvalue weighted by Crippen LogP contribution is -2.41. The van der Waals surface area contributed by atoms with Crippen LogP contribution in [0.1, 0.15) is 41.0 Å². The van der Waals surface area contributed by atoms with Crippen LogP contribution in [0, 0.1) is 11.3 Å². The van der Waals surface area contributed by atoms with Crippen molar-refractivity contribution in [3.05, 3.63) is 0 Å². The van der Waals surface area contributed by atoms with Crippen molar-refractivity contribution >= 4 is 5.91 Å². The van der Waals surface area contributed by atoms with Crippen molar-refractivity contribution in [3.63, 3.8) is 0 Å². The van der Waals surface area contributed by atoms with Crippen LogP contribution >= 0.6 is 0 Å². The maximum Gasteiger partial charge on any atom is 0.225 e. The highest BCUT2D eigenvalue weighted by Crippen LogP contribution is 2.19. The first-order valence-electron chi connectivity index (χ1n) is 6.33. The molecule has 0 bridgehead atoms. The SMILES string of the molecule is CCC(C)(C)C(=O)NCC(O)COCC(C)C. The number of carbonyl (C=O) groups excluding carboxylic acids is 1. The first-order chi connectivity index (χ1) is 7.79. The fourth-order valence-corrected chi connectivity index (χ4v) is 1.11. The Morgan fingerprint density at radius 2 is 1.94 bits per heavy atom. The molecular formula is C13H27NO3. The fraction of sp³-hybridized carbons (Fsp3) is 0.923. The first kappa shape index (κ1) is 16.4. The van der Waals surface area contributed by atoms with Crippen molar-refractivity contribution in [3.8, 4) is 0 Å². The second kappa shape index (κ2) is 7.67. The monoisotopic (exact) mass is 245 g/mol. The van der Waals surface area contributed by atoms with E-state index in [0.29, 0.717) is 12.5 Å². The first-order valence-corrected chi connectivity index (χ1v) is 6.33. The molecule has 1 unspecified atom stereocenters. The van der Waals surface area contributed by atoms with E-state index < -0.39 is 6.10 Å². The van der Waals surface area contributed by atoms with E-state index in [1.807, 2.05) is 20.8 Å². The molecule has 0 aliphatic rings. The molecule has 4 nitrogen and oxygen atoms in total. The van der Waals surface area contributed by atoms with Gasteiger partial charge in [-0.25, -0.2) is 0 Å². The summed E-state index contributed by atoms with van der Waals surface area (Å²) in [6.45, 7) is 11.0. The molecule has 0 saturated heterocycles. The number of carbonyl (C=O) groups is 1. The average Bonchev–Trinajstić information content (AvgIpc) is 2.25. The lowest BCUT2D eigenvalue weighted by molar-refractivity contribution is -0.130. The third-order valence-electron chi connectivity index (χ3n) is 2.76. The van der Waals surface area contributed by atoms with Gasteiger partial charge in [0.1, 0.15) is 0 Å². The third kappa shape index (κ3) is 7.34. The van der Waals surface area contributed by atoms with Gasteiger partial charge in [-0.1, -0.05) is 34.6 Å². The Morgan fingerprint density at radius 3 is 2.41 bits per heavy atom. The Bertz CT molecular complexity index is 227. The van der Waals surface area contributed by atoms with Gasteiger partial charge in [0.25, 0.3) is 0 Å². The van der Waals surface area contributed by atoms with E-state index in [2.05, 4.69) is 19.2 Å². The van der Waals surface area contributed by atoms with E-state index in [9.17, 15) is 9.90 Å². The summed E-state index contributed by atoms with van der Waals surface area (Å²) in [5.74, 6) is 0.429. The van der Waals surface area contributed by atoms with Gasteiger partial charge in [-0.15, -0.1) is 0 Å². The minimum absolute atomic E-state index is 0.0251. The van der Waals surface area contributed by atoms with E-state index in [1.54, 1.807) is 0 Å². The molecule has 0 aromatic rings. The number of aliphatic hydroxyl groups excluding tert-OH is 1. The molecule has 17 heavy (non-hydrogen) atoms. The average molecular weight is 245 g/mol. The van der Waals surface area contributed by atoms with Gasteiger partial charge in [-0.3, -0.25) is 4.79 Å². The Hall–Kier alpha value is -0.610. The number of nitrogens with one attached hydrogen (secondary N) is 1. The minimum atomic E-state index is -0.634. The van der Waals surface area contributed by atoms with Gasteiger partial charge in [0.05, 0.1) is 12.7 Å². The Balaban J connectivity index is 3.77. The van der Waals surface area contributed by atoms with Crippen LogP contribution in [0.25, 0.3) is 0 Å². The minimum Gasteiger partial charge on any atom is -0.389 e. The van der Waals surface area contributed by atoms with Gasteiger partial charge in [0.15, 0.2) is 0 Å². The topological polar surface area (TPSA) is 58.6 Å². The van der Waals surface area contributed by atoms with Gasteiger partial charge >= 0.3 is 0 Å². The van der Waals surface area contributed by atoms with E-state index in [1.165, 1.54) is 0 Å². The largest absolute Gasteiger partial charge is 0.389 e. The molecule has 0 aromatic carbocycles. The number of hydrogen-bond donors (Lipinski definition) is 2. The van der Waals surface area contributed by atoms with Crippen LogP contribution < -0.4 is 5.32 Å². The molecule has 102 valence electrons. The lowest BCUT2D eigenvalue weighted by Gasteiger charge is -2.22. The van der Waals surface area contributed by atoms with E-state index >= 15 is 0 Å². The van der Waals surface area contributed by atoms with E-state index in [0.717, 1.165) is 6.42 Å². The number of hydrogen-bond acceptors (Lipinski definition) is 3. The lowest BCUT2D eigenvalue weighted by atomic mass is 9.89. The molecule has 0 fully saturated rings. The van der Waals surface area contributed by atoms with Crippen LogP contribution in [-0.2, 0) is 9.53 Å². The highest BCUT2D eigenvalue weighted by atomic mass is 16.5. The zero-order valence-corrected chi connectivity index (χ0v) is 11.7. The summed E-state index contributed by atoms with van der Waals surface area (Å²) >= 11 is 0. The predicted octanol–water partition coefficient (Wildman–Crippen LogP) is 1.57. The predicted molar refractivity (Wildman–Crippen MR) is 68.7 cm³/mol. The third-order valence-corrected chi connectivity index (χ3v) is 2.76. The Labute approximate surface area is 105 Å². The second-order valence-electron chi connectivity index (χ2n) is 5.53. The van der Waals surface area contributed by atoms with Gasteiger partial charge < -0.3 is 15.2 Å². The van der Waals surface area contributed by atoms with Crippen molar-refractivity contribution < 1.29 is 14.6 Å². The zero-order chi connectivity index (χ0) is 13.5. The van der Waals surface area contributed by atoms with Crippen LogP contribution in [0.4, 0.5) is 0 Å². The molecule has 0 rings (SSSR count). The van der Waals surface area contributed by atoms with Crippen LogP contribution in [0.15, 0.2) is 0 Å². The van der Waals surface area contributed by atoms with Crippen molar-refractivity contribution in [2.24, 2.45) is 11.3 Å². The molecule has 0 radical (unpaired) electrons. The number of ether oxygens (including phenoxy) is 1. The summed E-state index contributed by atoms with van der Waals surface area (Å²) in [5, 5.41) is 12.4. The summed E-state index contributed by atoms with van der Waals surface area (Å²) in [5.41, 5.74) is -0.376. The Morgan fingerprint density at radius 1 is 1.35 bits per heavy atom. The van der Waals surface area contributed by atoms with Crippen LogP contribution in [0.5, 0.6) is 0 Å². The van der Waals surface area contributed by atoms with Crippen LogP contribution in [-0.4, -0.2) is 36.9 Å². The molecule has 0 aliphatic carbocycles. The zero-order valence-electron chi connectivity index (χ0n) is 11.7. The number of aliphatic hydroxyl groups is 1. The normalized spacial score (nSPS) is 13.8. The molecule has 0 aliphatic heterocycles. The molecule has 0 aromatic heterocycles. The summed E-state index contributed by atoms with van der Waals surface area (Å²) < 4.78 is 5.30. The molecule has 1 amide bonds. The summed E-state index contributed by atoms with van der Waals surface area (Å²) in [6.07, 6.45) is 0.143. The molecular weight excluding hydrogens is 218 g/mol. The van der Waals surface area contributed by atoms with Gasteiger partial charge in [0.2, 0.25) is 5.91 Å². The molecule has 0 saturated carbocycles.